The number of fused-ring (bicyclic) bond motifs is 5. The van der Waals surface area contributed by atoms with Gasteiger partial charge in [0.2, 0.25) is 0 Å². The number of ether oxygens (including phenoxy) is 2. The van der Waals surface area contributed by atoms with Crippen molar-refractivity contribution in [2.24, 2.45) is 46.3 Å². The van der Waals surface area contributed by atoms with E-state index in [1.165, 1.54) is 43.2 Å². The van der Waals surface area contributed by atoms with Gasteiger partial charge in [-0.15, -0.1) is 0 Å². The summed E-state index contributed by atoms with van der Waals surface area (Å²) in [5.74, 6) is 1.93. The van der Waals surface area contributed by atoms with Crippen LogP contribution < -0.4 is 0 Å². The summed E-state index contributed by atoms with van der Waals surface area (Å²) in [4.78, 5) is 26.7. The Labute approximate surface area is 241 Å². The summed E-state index contributed by atoms with van der Waals surface area (Å²) in [6.07, 6.45) is 12.6. The fraction of sp³-hybridized carbons (Fsp3) is 0.722. The molecule has 4 heteroatoms. The highest BCUT2D eigenvalue weighted by Gasteiger charge is 2.68. The fourth-order valence-corrected chi connectivity index (χ4v) is 10.3. The summed E-state index contributed by atoms with van der Waals surface area (Å²) >= 11 is 0. The van der Waals surface area contributed by atoms with Crippen molar-refractivity contribution < 1.29 is 19.1 Å². The van der Waals surface area contributed by atoms with E-state index in [4.69, 9.17) is 9.47 Å². The van der Waals surface area contributed by atoms with Crippen molar-refractivity contribution in [1.29, 1.82) is 0 Å². The molecule has 0 radical (unpaired) electrons. The van der Waals surface area contributed by atoms with Gasteiger partial charge < -0.3 is 9.47 Å². The maximum absolute atomic E-state index is 14.1. The molecule has 0 aromatic heterocycles. The molecule has 0 spiro atoms. The molecular weight excluding hydrogens is 496 g/mol. The third-order valence-corrected chi connectivity index (χ3v) is 12.7. The lowest BCUT2D eigenvalue weighted by Crippen LogP contribution is -2.66. The van der Waals surface area contributed by atoms with Crippen LogP contribution in [0.25, 0.3) is 0 Å². The van der Waals surface area contributed by atoms with Gasteiger partial charge in [-0.05, 0) is 91.1 Å². The Kier molecular flexibility index (Phi) is 7.33. The summed E-state index contributed by atoms with van der Waals surface area (Å²) in [5.41, 5.74) is 2.07. The van der Waals surface area contributed by atoms with E-state index in [0.717, 1.165) is 25.7 Å². The van der Waals surface area contributed by atoms with Crippen molar-refractivity contribution in [3.63, 3.8) is 0 Å². The Morgan fingerprint density at radius 1 is 0.975 bits per heavy atom. The zero-order valence-electron chi connectivity index (χ0n) is 25.4. The van der Waals surface area contributed by atoms with E-state index < -0.39 is 0 Å². The highest BCUT2D eigenvalue weighted by Crippen LogP contribution is 2.69. The molecule has 0 amide bonds. The van der Waals surface area contributed by atoms with E-state index in [0.29, 0.717) is 36.6 Å². The van der Waals surface area contributed by atoms with Crippen LogP contribution in [0.5, 0.6) is 0 Å². The molecule has 1 saturated heterocycles. The molecule has 3 saturated carbocycles. The zero-order chi connectivity index (χ0) is 28.3. The quantitative estimate of drug-likeness (QED) is 0.338. The Bertz CT molecular complexity index is 1150. The van der Waals surface area contributed by atoms with E-state index in [9.17, 15) is 9.59 Å². The molecule has 9 atom stereocenters. The van der Waals surface area contributed by atoms with Crippen LogP contribution in [0.1, 0.15) is 104 Å². The predicted molar refractivity (Wildman–Crippen MR) is 157 cm³/mol. The molecule has 1 aromatic carbocycles. The molecule has 6 unspecified atom stereocenters. The number of carbonyl (C=O) groups excluding carboxylic acids is 2. The number of cyclic esters (lactones) is 1. The number of ketones is 1. The maximum atomic E-state index is 14.1. The fourth-order valence-electron chi connectivity index (χ4n) is 10.3. The van der Waals surface area contributed by atoms with Crippen molar-refractivity contribution in [2.75, 3.05) is 0 Å². The first-order valence-electron chi connectivity index (χ1n) is 16.2. The highest BCUT2D eigenvalue weighted by atomic mass is 16.5. The monoisotopic (exact) mass is 546 g/mol. The van der Waals surface area contributed by atoms with Crippen LogP contribution in [0, 0.1) is 46.3 Å². The average molecular weight is 547 g/mol. The Morgan fingerprint density at radius 2 is 1.75 bits per heavy atom. The van der Waals surface area contributed by atoms with Gasteiger partial charge in [0.15, 0.2) is 5.78 Å². The lowest BCUT2D eigenvalue weighted by molar-refractivity contribution is -0.258. The normalized spacial score (nSPS) is 42.0. The Balaban J connectivity index is 1.32. The molecular formula is C36H50O4. The molecule has 218 valence electrons. The Hall–Kier alpha value is -1.94. The summed E-state index contributed by atoms with van der Waals surface area (Å²) in [6, 6.07) is 10.6. The van der Waals surface area contributed by atoms with Crippen LogP contribution >= 0.6 is 0 Å². The van der Waals surface area contributed by atoms with Crippen LogP contribution in [0.3, 0.4) is 0 Å². The topological polar surface area (TPSA) is 52.6 Å². The molecule has 0 bridgehead atoms. The van der Waals surface area contributed by atoms with Crippen LogP contribution in [-0.4, -0.2) is 23.5 Å². The number of hydrogen-bond acceptors (Lipinski definition) is 4. The van der Waals surface area contributed by atoms with Gasteiger partial charge in [0.05, 0.1) is 12.2 Å². The minimum absolute atomic E-state index is 0.0469. The molecule has 4 nitrogen and oxygen atoms in total. The first-order valence-corrected chi connectivity index (χ1v) is 16.2. The van der Waals surface area contributed by atoms with E-state index >= 15 is 0 Å². The van der Waals surface area contributed by atoms with Gasteiger partial charge in [0.25, 0.3) is 0 Å². The number of benzene rings is 1. The summed E-state index contributed by atoms with van der Waals surface area (Å²) in [5, 5.41) is 0. The van der Waals surface area contributed by atoms with Gasteiger partial charge in [0, 0.05) is 18.3 Å². The van der Waals surface area contributed by atoms with E-state index in [2.05, 4.69) is 65.0 Å². The van der Waals surface area contributed by atoms with Gasteiger partial charge >= 0.3 is 5.97 Å². The van der Waals surface area contributed by atoms with Gasteiger partial charge in [-0.1, -0.05) is 83.4 Å². The highest BCUT2D eigenvalue weighted by molar-refractivity contribution is 5.97. The van der Waals surface area contributed by atoms with Gasteiger partial charge in [0.1, 0.15) is 6.10 Å². The smallest absolute Gasteiger partial charge is 0.306 e. The van der Waals surface area contributed by atoms with Crippen molar-refractivity contribution in [1.82, 2.24) is 0 Å². The van der Waals surface area contributed by atoms with Crippen LogP contribution in [0.2, 0.25) is 0 Å². The third kappa shape index (κ3) is 4.34. The minimum atomic E-state index is -0.279. The lowest BCUT2D eigenvalue weighted by atomic mass is 9.42. The van der Waals surface area contributed by atoms with Gasteiger partial charge in [-0.2, -0.15) is 0 Å². The number of allylic oxidation sites excluding steroid dienone is 1. The second kappa shape index (κ2) is 10.4. The standard InChI is InChI=1S/C36H50O4/c1-23(2)26-19-31(40-32(38)20-26)24(3)29-21-30(37)33-28-15-14-27-13-9-10-16-35(27,5)36(28,18-17-34(29,33)4)39-22-25-11-7-6-8-12-25/h6-8,11-12,21,23-24,26-28,31,33H,9-10,13-20,22H2,1-5H3/t24?,26?,27?,28?,31?,33?,34-,35+,36-/m1/s1. The minimum Gasteiger partial charge on any atom is -0.462 e. The van der Waals surface area contributed by atoms with E-state index in [-0.39, 0.29) is 46.3 Å². The molecule has 1 aromatic rings. The van der Waals surface area contributed by atoms with Crippen LogP contribution in [-0.2, 0) is 25.7 Å². The van der Waals surface area contributed by atoms with Crippen molar-refractivity contribution in [2.45, 2.75) is 117 Å². The van der Waals surface area contributed by atoms with Crippen molar-refractivity contribution in [3.05, 3.63) is 47.5 Å². The molecule has 5 aliphatic rings. The Morgan fingerprint density at radius 3 is 2.50 bits per heavy atom. The zero-order valence-corrected chi connectivity index (χ0v) is 25.4. The van der Waals surface area contributed by atoms with Crippen molar-refractivity contribution >= 4 is 11.8 Å². The molecule has 1 heterocycles. The molecule has 40 heavy (non-hydrogen) atoms. The molecule has 0 N–H and O–H groups in total. The van der Waals surface area contributed by atoms with Gasteiger partial charge in [-0.3, -0.25) is 9.59 Å². The average Bonchev–Trinajstić information content (AvgIpc) is 3.21. The van der Waals surface area contributed by atoms with E-state index in [1.807, 2.05) is 6.08 Å². The summed E-state index contributed by atoms with van der Waals surface area (Å²) in [6.45, 7) is 12.1. The number of rotatable bonds is 6. The van der Waals surface area contributed by atoms with Crippen LogP contribution in [0.15, 0.2) is 42.0 Å². The molecule has 1 aliphatic heterocycles. The second-order valence-electron chi connectivity index (χ2n) is 14.9. The number of carbonyl (C=O) groups is 2. The third-order valence-electron chi connectivity index (χ3n) is 12.7. The van der Waals surface area contributed by atoms with E-state index in [1.54, 1.807) is 0 Å². The number of hydrogen-bond donors (Lipinski definition) is 0. The lowest BCUT2D eigenvalue weighted by Gasteiger charge is -2.66. The SMILES string of the molecule is CC(C)C1CC(=O)OC(C(C)C2=CC(=O)C3C4CCC5CCCC[C@]5(C)[C@@]4(OCc4ccccc4)CC[C@]23C)C1. The maximum Gasteiger partial charge on any atom is 0.306 e. The second-order valence-corrected chi connectivity index (χ2v) is 14.9. The molecule has 6 rings (SSSR count). The summed E-state index contributed by atoms with van der Waals surface area (Å²) < 4.78 is 13.2. The molecule has 4 aliphatic carbocycles. The van der Waals surface area contributed by atoms with Crippen LogP contribution in [0.4, 0.5) is 0 Å². The predicted octanol–water partition coefficient (Wildman–Crippen LogP) is 8.09. The van der Waals surface area contributed by atoms with Gasteiger partial charge in [-0.25, -0.2) is 0 Å². The first kappa shape index (κ1) is 28.2. The summed E-state index contributed by atoms with van der Waals surface area (Å²) in [7, 11) is 0. The number of esters is 1. The first-order chi connectivity index (χ1) is 19.1. The largest absolute Gasteiger partial charge is 0.462 e. The van der Waals surface area contributed by atoms with Crippen molar-refractivity contribution in [3.8, 4) is 0 Å². The molecule has 4 fully saturated rings.